The first kappa shape index (κ1) is 13.6. The quantitative estimate of drug-likeness (QED) is 0.730. The zero-order valence-corrected chi connectivity index (χ0v) is 12.4. The van der Waals surface area contributed by atoms with E-state index in [2.05, 4.69) is 0 Å². The highest BCUT2D eigenvalue weighted by molar-refractivity contribution is 6.12. The molecule has 1 aromatic heterocycles. The van der Waals surface area contributed by atoms with Crippen LogP contribution >= 0.6 is 0 Å². The fraction of sp³-hybridized carbons (Fsp3) is 0.111. The van der Waals surface area contributed by atoms with Crippen molar-refractivity contribution in [2.75, 3.05) is 13.7 Å². The summed E-state index contributed by atoms with van der Waals surface area (Å²) in [5.74, 6) is 0.888. The highest BCUT2D eigenvalue weighted by Gasteiger charge is 2.29. The topological polar surface area (TPSA) is 57.5 Å². The van der Waals surface area contributed by atoms with Gasteiger partial charge >= 0.3 is 0 Å². The number of pyridine rings is 1. The van der Waals surface area contributed by atoms with Gasteiger partial charge < -0.3 is 9.47 Å². The Kier molecular flexibility index (Phi) is 2.94. The summed E-state index contributed by atoms with van der Waals surface area (Å²) in [6, 6.07) is 14.2. The van der Waals surface area contributed by atoms with Crippen molar-refractivity contribution in [1.82, 2.24) is 4.57 Å². The number of ether oxygens (including phenoxy) is 2. The molecule has 114 valence electrons. The number of methoxy groups -OCH3 is 1. The molecule has 0 amide bonds. The molecule has 0 aliphatic carbocycles. The number of Topliss-reactive ketones (excluding diaryl/α,β-unsaturated/α-hetero) is 1. The maximum absolute atomic E-state index is 12.9. The van der Waals surface area contributed by atoms with Crippen LogP contribution in [0.15, 0.2) is 53.3 Å². The number of aromatic nitrogens is 1. The van der Waals surface area contributed by atoms with E-state index in [1.165, 1.54) is 4.57 Å². The standard InChI is InChI=1S/C18H13NO4/c1-22-12-8-6-11(7-9-12)19-17(21)14-5-3-2-4-13(14)16-15(20)10-23-18(16)19/h2-9H,10H2,1H3. The molecule has 0 saturated heterocycles. The van der Waals surface area contributed by atoms with Gasteiger partial charge in [-0.2, -0.15) is 0 Å². The molecule has 2 heterocycles. The number of rotatable bonds is 2. The van der Waals surface area contributed by atoms with Crippen LogP contribution in [0.1, 0.15) is 10.4 Å². The third-order valence-electron chi connectivity index (χ3n) is 4.00. The van der Waals surface area contributed by atoms with Crippen LogP contribution in [0.2, 0.25) is 0 Å². The Labute approximate surface area is 131 Å². The summed E-state index contributed by atoms with van der Waals surface area (Å²) in [6.45, 7) is -0.0427. The van der Waals surface area contributed by atoms with Gasteiger partial charge in [0.25, 0.3) is 5.56 Å². The molecule has 1 aliphatic rings. The first-order valence-corrected chi connectivity index (χ1v) is 7.19. The van der Waals surface area contributed by atoms with E-state index in [0.717, 1.165) is 0 Å². The Balaban J connectivity index is 2.09. The van der Waals surface area contributed by atoms with Crippen molar-refractivity contribution in [3.05, 3.63) is 64.4 Å². The lowest BCUT2D eigenvalue weighted by molar-refractivity contribution is 0.0961. The van der Waals surface area contributed by atoms with Crippen molar-refractivity contribution in [3.63, 3.8) is 0 Å². The molecule has 4 rings (SSSR count). The lowest BCUT2D eigenvalue weighted by Gasteiger charge is -2.13. The van der Waals surface area contributed by atoms with Crippen LogP contribution in [0, 0.1) is 0 Å². The summed E-state index contributed by atoms with van der Waals surface area (Å²) in [6.07, 6.45) is 0. The van der Waals surface area contributed by atoms with E-state index in [0.29, 0.717) is 33.7 Å². The van der Waals surface area contributed by atoms with Crippen molar-refractivity contribution < 1.29 is 14.3 Å². The van der Waals surface area contributed by atoms with Crippen molar-refractivity contribution in [2.45, 2.75) is 0 Å². The number of hydrogen-bond acceptors (Lipinski definition) is 4. The second-order valence-electron chi connectivity index (χ2n) is 5.28. The van der Waals surface area contributed by atoms with E-state index in [4.69, 9.17) is 9.47 Å². The fourth-order valence-corrected chi connectivity index (χ4v) is 2.91. The van der Waals surface area contributed by atoms with Crippen molar-refractivity contribution in [1.29, 1.82) is 0 Å². The number of fused-ring (bicyclic) bond motifs is 3. The van der Waals surface area contributed by atoms with Gasteiger partial charge in [-0.15, -0.1) is 0 Å². The molecule has 0 fully saturated rings. The van der Waals surface area contributed by atoms with Crippen molar-refractivity contribution in [2.24, 2.45) is 0 Å². The zero-order chi connectivity index (χ0) is 16.0. The molecule has 0 N–H and O–H groups in total. The minimum atomic E-state index is -0.209. The average Bonchev–Trinajstić information content (AvgIpc) is 2.97. The predicted octanol–water partition coefficient (Wildman–Crippen LogP) is 2.57. The minimum Gasteiger partial charge on any atom is -0.497 e. The highest BCUT2D eigenvalue weighted by atomic mass is 16.5. The molecule has 0 bridgehead atoms. The predicted molar refractivity (Wildman–Crippen MR) is 85.9 cm³/mol. The van der Waals surface area contributed by atoms with Crippen LogP contribution in [0.25, 0.3) is 16.5 Å². The number of hydrogen-bond donors (Lipinski definition) is 0. The Morgan fingerprint density at radius 1 is 1.00 bits per heavy atom. The molecule has 0 unspecified atom stereocenters. The van der Waals surface area contributed by atoms with E-state index in [9.17, 15) is 9.59 Å². The number of carbonyl (C=O) groups is 1. The molecule has 0 saturated carbocycles. The molecule has 5 nitrogen and oxygen atoms in total. The van der Waals surface area contributed by atoms with Crippen molar-refractivity contribution >= 4 is 16.6 Å². The number of nitrogens with zero attached hydrogens (tertiary/aromatic N) is 1. The van der Waals surface area contributed by atoms with E-state index in [1.54, 1.807) is 49.6 Å². The van der Waals surface area contributed by atoms with Gasteiger partial charge in [0.2, 0.25) is 11.7 Å². The van der Waals surface area contributed by atoms with Crippen LogP contribution in [-0.4, -0.2) is 24.1 Å². The van der Waals surface area contributed by atoms with E-state index in [-0.39, 0.29) is 17.9 Å². The molecular formula is C18H13NO4. The number of benzene rings is 2. The molecule has 1 aliphatic heterocycles. The first-order chi connectivity index (χ1) is 11.2. The van der Waals surface area contributed by atoms with Gasteiger partial charge in [0.05, 0.1) is 18.4 Å². The largest absolute Gasteiger partial charge is 0.497 e. The smallest absolute Gasteiger partial charge is 0.265 e. The normalized spacial score (nSPS) is 13.0. The van der Waals surface area contributed by atoms with Crippen LogP contribution in [0.4, 0.5) is 0 Å². The Morgan fingerprint density at radius 3 is 2.39 bits per heavy atom. The minimum absolute atomic E-state index is 0.0427. The lowest BCUT2D eigenvalue weighted by Crippen LogP contribution is -2.20. The molecule has 23 heavy (non-hydrogen) atoms. The fourth-order valence-electron chi connectivity index (χ4n) is 2.91. The lowest BCUT2D eigenvalue weighted by atomic mass is 10.0. The Bertz CT molecular complexity index is 986. The second kappa shape index (κ2) is 4.98. The van der Waals surface area contributed by atoms with E-state index >= 15 is 0 Å². The Morgan fingerprint density at radius 2 is 1.70 bits per heavy atom. The summed E-state index contributed by atoms with van der Waals surface area (Å²) in [5.41, 5.74) is 0.891. The summed E-state index contributed by atoms with van der Waals surface area (Å²) < 4.78 is 12.1. The van der Waals surface area contributed by atoms with Gasteiger partial charge in [-0.3, -0.25) is 9.59 Å². The van der Waals surface area contributed by atoms with Gasteiger partial charge in [0.1, 0.15) is 5.75 Å². The third kappa shape index (κ3) is 1.93. The van der Waals surface area contributed by atoms with Crippen LogP contribution in [0.3, 0.4) is 0 Å². The SMILES string of the molecule is COc1ccc(-n2c3c(c4ccccc4c2=O)C(=O)CO3)cc1. The molecule has 0 radical (unpaired) electrons. The molecule has 3 aromatic rings. The van der Waals surface area contributed by atoms with Gasteiger partial charge in [-0.25, -0.2) is 4.57 Å². The van der Waals surface area contributed by atoms with Crippen LogP contribution < -0.4 is 15.0 Å². The monoisotopic (exact) mass is 307 g/mol. The first-order valence-electron chi connectivity index (χ1n) is 7.19. The molecule has 0 spiro atoms. The average molecular weight is 307 g/mol. The van der Waals surface area contributed by atoms with Gasteiger partial charge in [-0.1, -0.05) is 18.2 Å². The molecule has 2 aromatic carbocycles. The van der Waals surface area contributed by atoms with Crippen molar-refractivity contribution in [3.8, 4) is 17.3 Å². The maximum atomic E-state index is 12.9. The summed E-state index contributed by atoms with van der Waals surface area (Å²) in [4.78, 5) is 25.1. The van der Waals surface area contributed by atoms with Gasteiger partial charge in [0.15, 0.2) is 6.61 Å². The van der Waals surface area contributed by atoms with Gasteiger partial charge in [-0.05, 0) is 30.3 Å². The molecular weight excluding hydrogens is 294 g/mol. The van der Waals surface area contributed by atoms with Crippen LogP contribution in [-0.2, 0) is 0 Å². The molecule has 5 heteroatoms. The van der Waals surface area contributed by atoms with Crippen LogP contribution in [0.5, 0.6) is 11.6 Å². The van der Waals surface area contributed by atoms with E-state index in [1.807, 2.05) is 6.07 Å². The summed E-state index contributed by atoms with van der Waals surface area (Å²) in [5, 5.41) is 1.14. The van der Waals surface area contributed by atoms with Gasteiger partial charge in [0, 0.05) is 10.8 Å². The zero-order valence-electron chi connectivity index (χ0n) is 12.4. The highest BCUT2D eigenvalue weighted by Crippen LogP contribution is 2.32. The summed E-state index contributed by atoms with van der Waals surface area (Å²) >= 11 is 0. The number of ketones is 1. The second-order valence-corrected chi connectivity index (χ2v) is 5.28. The maximum Gasteiger partial charge on any atom is 0.265 e. The number of carbonyl (C=O) groups excluding carboxylic acids is 1. The summed E-state index contributed by atoms with van der Waals surface area (Å²) in [7, 11) is 1.58. The third-order valence-corrected chi connectivity index (χ3v) is 4.00. The molecule has 0 atom stereocenters. The Hall–Kier alpha value is -3.08. The van der Waals surface area contributed by atoms with E-state index < -0.39 is 0 Å².